The number of carboxylic acid groups (broad SMARTS) is 1. The van der Waals surface area contributed by atoms with Crippen molar-refractivity contribution in [3.8, 4) is 0 Å². The number of carbonyl (C=O) groups is 1. The maximum atomic E-state index is 11.8. The van der Waals surface area contributed by atoms with E-state index < -0.39 is 59.6 Å². The second kappa shape index (κ2) is 13.7. The Morgan fingerprint density at radius 2 is 1.72 bits per heavy atom. The first-order valence-corrected chi connectivity index (χ1v) is 18.1. The van der Waals surface area contributed by atoms with Crippen LogP contribution in [-0.2, 0) is 33.2 Å². The SMILES string of the molecule is CC[C@]1([C@@H]2O[C@H]([C@@H]3O[C@](O)(CO)[C@H](C)C[C@@H]3C)C[C@@H]2C)CC[C@H]([C@]2(C)CC[C@]3(C[C@H](O)[C@H](C)[C@H]([C@H](C)[C@@H](OC)[C@H](C)C(=O)O)O3)O2)O1. The van der Waals surface area contributed by atoms with Crippen molar-refractivity contribution in [2.75, 3.05) is 13.7 Å². The van der Waals surface area contributed by atoms with Crippen LogP contribution in [0.2, 0.25) is 0 Å². The van der Waals surface area contributed by atoms with Crippen molar-refractivity contribution in [2.45, 2.75) is 172 Å². The summed E-state index contributed by atoms with van der Waals surface area (Å²) in [7, 11) is 1.52. The van der Waals surface area contributed by atoms with Gasteiger partial charge >= 0.3 is 5.97 Å². The second-order valence-corrected chi connectivity index (χ2v) is 16.3. The summed E-state index contributed by atoms with van der Waals surface area (Å²) in [5, 5.41) is 41.8. The van der Waals surface area contributed by atoms with Crippen molar-refractivity contribution in [2.24, 2.45) is 35.5 Å². The summed E-state index contributed by atoms with van der Waals surface area (Å²) in [5.74, 6) is -4.52. The number of aliphatic hydroxyl groups excluding tert-OH is 2. The average molecular weight is 671 g/mol. The van der Waals surface area contributed by atoms with Crippen LogP contribution >= 0.6 is 0 Å². The van der Waals surface area contributed by atoms with E-state index in [2.05, 4.69) is 27.7 Å². The van der Waals surface area contributed by atoms with E-state index in [1.807, 2.05) is 20.8 Å². The monoisotopic (exact) mass is 670 g/mol. The van der Waals surface area contributed by atoms with Crippen molar-refractivity contribution in [3.63, 3.8) is 0 Å². The van der Waals surface area contributed by atoms with E-state index in [0.29, 0.717) is 19.3 Å². The molecule has 5 fully saturated rings. The molecule has 1 spiro atoms. The minimum Gasteiger partial charge on any atom is -0.481 e. The third kappa shape index (κ3) is 6.67. The highest BCUT2D eigenvalue weighted by atomic mass is 16.7. The summed E-state index contributed by atoms with van der Waals surface area (Å²) < 4.78 is 39.4. The lowest BCUT2D eigenvalue weighted by atomic mass is 9.78. The van der Waals surface area contributed by atoms with E-state index in [0.717, 1.165) is 32.1 Å². The molecule has 0 bridgehead atoms. The van der Waals surface area contributed by atoms with Crippen LogP contribution in [-0.4, -0.2) is 106 Å². The van der Waals surface area contributed by atoms with Gasteiger partial charge in [-0.2, -0.15) is 0 Å². The molecule has 0 aromatic carbocycles. The Morgan fingerprint density at radius 1 is 1.02 bits per heavy atom. The Balaban J connectivity index is 1.29. The van der Waals surface area contributed by atoms with Crippen LogP contribution in [0.25, 0.3) is 0 Å². The van der Waals surface area contributed by atoms with Gasteiger partial charge in [-0.15, -0.1) is 0 Å². The first-order chi connectivity index (χ1) is 22.0. The fourth-order valence-corrected chi connectivity index (χ4v) is 9.91. The van der Waals surface area contributed by atoms with Crippen LogP contribution < -0.4 is 0 Å². The summed E-state index contributed by atoms with van der Waals surface area (Å²) in [5.41, 5.74) is -1.15. The zero-order valence-corrected chi connectivity index (χ0v) is 30.0. The fraction of sp³-hybridized carbons (Fsp3) is 0.972. The highest BCUT2D eigenvalue weighted by molar-refractivity contribution is 5.70. The highest BCUT2D eigenvalue weighted by Crippen LogP contribution is 2.55. The van der Waals surface area contributed by atoms with Gasteiger partial charge < -0.3 is 48.8 Å². The highest BCUT2D eigenvalue weighted by Gasteiger charge is 2.62. The number of aliphatic hydroxyl groups is 3. The first-order valence-electron chi connectivity index (χ1n) is 18.1. The Kier molecular flexibility index (Phi) is 10.9. The fourth-order valence-electron chi connectivity index (χ4n) is 9.91. The lowest BCUT2D eigenvalue weighted by molar-refractivity contribution is -0.336. The van der Waals surface area contributed by atoms with Crippen LogP contribution in [0.4, 0.5) is 0 Å². The molecule has 0 radical (unpaired) electrons. The molecule has 5 heterocycles. The van der Waals surface area contributed by atoms with E-state index >= 15 is 0 Å². The van der Waals surface area contributed by atoms with Crippen LogP contribution in [0.15, 0.2) is 0 Å². The van der Waals surface area contributed by atoms with E-state index in [-0.39, 0.29) is 54.0 Å². The van der Waals surface area contributed by atoms with E-state index in [1.165, 1.54) is 7.11 Å². The Bertz CT molecular complexity index is 1110. The number of aliphatic carboxylic acids is 1. The topological polar surface area (TPSA) is 153 Å². The molecular weight excluding hydrogens is 608 g/mol. The molecule has 0 aromatic heterocycles. The van der Waals surface area contributed by atoms with Crippen molar-refractivity contribution >= 4 is 5.97 Å². The number of ether oxygens (including phenoxy) is 6. The van der Waals surface area contributed by atoms with Gasteiger partial charge in [-0.1, -0.05) is 41.5 Å². The number of hydrogen-bond acceptors (Lipinski definition) is 10. The summed E-state index contributed by atoms with van der Waals surface area (Å²) >= 11 is 0. The Morgan fingerprint density at radius 3 is 2.34 bits per heavy atom. The normalized spacial score (nSPS) is 50.9. The zero-order valence-electron chi connectivity index (χ0n) is 30.0. The molecule has 5 rings (SSSR count). The van der Waals surface area contributed by atoms with Gasteiger partial charge in [-0.05, 0) is 64.2 Å². The molecule has 0 aliphatic carbocycles. The molecule has 272 valence electrons. The zero-order chi connectivity index (χ0) is 34.7. The van der Waals surface area contributed by atoms with Crippen LogP contribution in [0.5, 0.6) is 0 Å². The van der Waals surface area contributed by atoms with Crippen molar-refractivity contribution < 1.29 is 53.6 Å². The van der Waals surface area contributed by atoms with Gasteiger partial charge in [0.15, 0.2) is 11.6 Å². The summed E-state index contributed by atoms with van der Waals surface area (Å²) in [6, 6.07) is 0. The molecule has 11 nitrogen and oxygen atoms in total. The second-order valence-electron chi connectivity index (χ2n) is 16.3. The maximum absolute atomic E-state index is 11.8. The largest absolute Gasteiger partial charge is 0.481 e. The smallest absolute Gasteiger partial charge is 0.308 e. The van der Waals surface area contributed by atoms with Gasteiger partial charge in [-0.25, -0.2) is 0 Å². The van der Waals surface area contributed by atoms with Gasteiger partial charge in [0.2, 0.25) is 0 Å². The van der Waals surface area contributed by atoms with Gasteiger partial charge in [-0.3, -0.25) is 4.79 Å². The predicted molar refractivity (Wildman–Crippen MR) is 172 cm³/mol. The molecule has 17 atom stereocenters. The lowest BCUT2D eigenvalue weighted by Gasteiger charge is -2.49. The molecule has 0 aromatic rings. The van der Waals surface area contributed by atoms with E-state index in [4.69, 9.17) is 28.4 Å². The third-order valence-corrected chi connectivity index (χ3v) is 13.0. The molecule has 0 saturated carbocycles. The molecule has 0 unspecified atom stereocenters. The molecule has 5 aliphatic heterocycles. The summed E-state index contributed by atoms with van der Waals surface area (Å²) in [6.07, 6.45) is 2.99. The molecule has 4 N–H and O–H groups in total. The number of hydrogen-bond donors (Lipinski definition) is 4. The Labute approximate surface area is 281 Å². The molecule has 0 amide bonds. The van der Waals surface area contributed by atoms with Gasteiger partial charge in [0.1, 0.15) is 0 Å². The number of carboxylic acids is 1. The molecular formula is C36H62O11. The van der Waals surface area contributed by atoms with Crippen LogP contribution in [0.3, 0.4) is 0 Å². The quantitative estimate of drug-likeness (QED) is 0.264. The minimum absolute atomic E-state index is 0.153. The van der Waals surface area contributed by atoms with E-state index in [1.54, 1.807) is 6.92 Å². The maximum Gasteiger partial charge on any atom is 0.308 e. The standard InChI is InChI=1S/C36H62O11/c1-10-34(31-20(3)16-26(43-31)28-19(2)15-21(4)36(41,18-37)46-28)12-11-27(44-34)33(8)13-14-35(47-33)17-25(38)22(5)30(45-35)23(6)29(42-9)24(7)32(39)40/h19-31,37-38,41H,10-18H2,1-9H3,(H,39,40)/t19-,20-,21+,22-,23+,24-,25-,26-,27+,28+,29+,30+,31+,33-,34+,35+,36+/m0/s1. The van der Waals surface area contributed by atoms with Gasteiger partial charge in [0, 0.05) is 37.7 Å². The van der Waals surface area contributed by atoms with Crippen LogP contribution in [0.1, 0.15) is 107 Å². The number of methoxy groups -OCH3 is 1. The molecule has 5 aliphatic rings. The summed E-state index contributed by atoms with van der Waals surface area (Å²) in [4.78, 5) is 11.8. The summed E-state index contributed by atoms with van der Waals surface area (Å²) in [6.45, 7) is 15.6. The Hall–Kier alpha value is -0.890. The van der Waals surface area contributed by atoms with Crippen molar-refractivity contribution in [1.82, 2.24) is 0 Å². The molecule has 5 saturated heterocycles. The molecule has 11 heteroatoms. The first kappa shape index (κ1) is 37.4. The van der Waals surface area contributed by atoms with Crippen LogP contribution in [0, 0.1) is 35.5 Å². The van der Waals surface area contributed by atoms with E-state index in [9.17, 15) is 25.2 Å². The lowest BCUT2D eigenvalue weighted by Crippen LogP contribution is -2.57. The molecule has 47 heavy (non-hydrogen) atoms. The third-order valence-electron chi connectivity index (χ3n) is 13.0. The average Bonchev–Trinajstić information content (AvgIpc) is 3.73. The van der Waals surface area contributed by atoms with Crippen molar-refractivity contribution in [3.05, 3.63) is 0 Å². The van der Waals surface area contributed by atoms with Gasteiger partial charge in [0.25, 0.3) is 0 Å². The van der Waals surface area contributed by atoms with Crippen molar-refractivity contribution in [1.29, 1.82) is 0 Å². The minimum atomic E-state index is -1.56. The number of rotatable bonds is 10. The predicted octanol–water partition coefficient (Wildman–Crippen LogP) is 4.27. The van der Waals surface area contributed by atoms with Gasteiger partial charge in [0.05, 0.1) is 66.5 Å².